The molecular weight excluding hydrogens is 223 g/mol. The van der Waals surface area contributed by atoms with Gasteiger partial charge in [0.1, 0.15) is 12.0 Å². The Labute approximate surface area is 88.5 Å². The first-order valence-electron chi connectivity index (χ1n) is 4.30. The maximum absolute atomic E-state index is 12.2. The Balaban J connectivity index is 2.14. The summed E-state index contributed by atoms with van der Waals surface area (Å²) in [7, 11) is 0. The van der Waals surface area contributed by atoms with E-state index >= 15 is 0 Å². The summed E-state index contributed by atoms with van der Waals surface area (Å²) in [5, 5.41) is 0. The van der Waals surface area contributed by atoms with Crippen LogP contribution in [0.3, 0.4) is 0 Å². The number of hydrogen-bond donors (Lipinski definition) is 0. The standard InChI is InChI=1S/C10H6F3NO2/c11-10(12,13)7-1-3-8(4-2-7)16-9-14-5-6-15-9/h1-6H. The Bertz CT molecular complexity index is 448. The van der Waals surface area contributed by atoms with Gasteiger partial charge in [-0.05, 0) is 24.3 Å². The second-order valence-electron chi connectivity index (χ2n) is 2.92. The molecule has 0 amide bonds. The van der Waals surface area contributed by atoms with Crippen molar-refractivity contribution in [2.24, 2.45) is 0 Å². The molecule has 1 aromatic heterocycles. The number of ether oxygens (including phenoxy) is 1. The number of aromatic nitrogens is 1. The molecule has 0 aliphatic carbocycles. The SMILES string of the molecule is FC(F)(F)c1ccc(Oc2ncco2)cc1. The van der Waals surface area contributed by atoms with Gasteiger partial charge in [0.25, 0.3) is 0 Å². The minimum atomic E-state index is -4.35. The quantitative estimate of drug-likeness (QED) is 0.790. The van der Waals surface area contributed by atoms with Crippen LogP contribution in [0.1, 0.15) is 5.56 Å². The predicted molar refractivity (Wildman–Crippen MR) is 48.0 cm³/mol. The highest BCUT2D eigenvalue weighted by molar-refractivity contribution is 5.30. The zero-order valence-electron chi connectivity index (χ0n) is 7.86. The molecule has 2 rings (SSSR count). The van der Waals surface area contributed by atoms with Crippen LogP contribution in [0.2, 0.25) is 0 Å². The first kappa shape index (κ1) is 10.5. The number of halogens is 3. The van der Waals surface area contributed by atoms with E-state index < -0.39 is 11.7 Å². The van der Waals surface area contributed by atoms with E-state index in [0.717, 1.165) is 12.1 Å². The zero-order valence-corrected chi connectivity index (χ0v) is 7.86. The summed E-state index contributed by atoms with van der Waals surface area (Å²) in [6.07, 6.45) is -1.68. The third-order valence-electron chi connectivity index (χ3n) is 1.80. The molecule has 0 bridgehead atoms. The van der Waals surface area contributed by atoms with Crippen molar-refractivity contribution in [1.82, 2.24) is 4.98 Å². The summed E-state index contributed by atoms with van der Waals surface area (Å²) in [4.78, 5) is 3.67. The second-order valence-corrected chi connectivity index (χ2v) is 2.92. The molecule has 1 heterocycles. The van der Waals surface area contributed by atoms with Gasteiger partial charge in [-0.25, -0.2) is 0 Å². The normalized spacial score (nSPS) is 11.4. The van der Waals surface area contributed by atoms with Crippen molar-refractivity contribution in [3.8, 4) is 11.8 Å². The Morgan fingerprint density at radius 1 is 1.12 bits per heavy atom. The summed E-state index contributed by atoms with van der Waals surface area (Å²) in [5.74, 6) is 0.232. The highest BCUT2D eigenvalue weighted by Gasteiger charge is 2.30. The fourth-order valence-corrected chi connectivity index (χ4v) is 1.07. The minimum absolute atomic E-state index is 0.0141. The molecule has 3 nitrogen and oxygen atoms in total. The van der Waals surface area contributed by atoms with E-state index in [9.17, 15) is 13.2 Å². The van der Waals surface area contributed by atoms with Crippen LogP contribution in [0.4, 0.5) is 13.2 Å². The Hall–Kier alpha value is -1.98. The molecular formula is C10H6F3NO2. The van der Waals surface area contributed by atoms with E-state index in [1.54, 1.807) is 0 Å². The van der Waals surface area contributed by atoms with Crippen molar-refractivity contribution >= 4 is 0 Å². The number of hydrogen-bond acceptors (Lipinski definition) is 3. The van der Waals surface area contributed by atoms with Crippen LogP contribution in [0.15, 0.2) is 41.1 Å². The first-order valence-corrected chi connectivity index (χ1v) is 4.30. The molecule has 0 spiro atoms. The second kappa shape index (κ2) is 3.88. The van der Waals surface area contributed by atoms with Gasteiger partial charge in [-0.3, -0.25) is 0 Å². The van der Waals surface area contributed by atoms with Gasteiger partial charge >= 0.3 is 12.3 Å². The summed E-state index contributed by atoms with van der Waals surface area (Å²) in [5.41, 5.74) is -0.729. The van der Waals surface area contributed by atoms with Gasteiger partial charge in [0.15, 0.2) is 0 Å². The monoisotopic (exact) mass is 229 g/mol. The van der Waals surface area contributed by atoms with Gasteiger partial charge in [0, 0.05) is 0 Å². The van der Waals surface area contributed by atoms with Crippen LogP contribution < -0.4 is 4.74 Å². The molecule has 1 aromatic carbocycles. The number of benzene rings is 1. The van der Waals surface area contributed by atoms with Crippen molar-refractivity contribution in [3.63, 3.8) is 0 Å². The molecule has 0 radical (unpaired) electrons. The molecule has 0 aliphatic heterocycles. The third kappa shape index (κ3) is 2.33. The van der Waals surface area contributed by atoms with Crippen molar-refractivity contribution in [2.75, 3.05) is 0 Å². The van der Waals surface area contributed by atoms with Gasteiger partial charge in [0.2, 0.25) is 0 Å². The first-order chi connectivity index (χ1) is 7.55. The lowest BCUT2D eigenvalue weighted by atomic mass is 10.2. The molecule has 0 saturated carbocycles. The predicted octanol–water partition coefficient (Wildman–Crippen LogP) is 3.49. The molecule has 0 unspecified atom stereocenters. The van der Waals surface area contributed by atoms with Gasteiger partial charge in [-0.15, -0.1) is 0 Å². The Morgan fingerprint density at radius 2 is 1.81 bits per heavy atom. The van der Waals surface area contributed by atoms with Gasteiger partial charge < -0.3 is 9.15 Å². The van der Waals surface area contributed by atoms with Crippen molar-refractivity contribution < 1.29 is 22.3 Å². The Kier molecular flexibility index (Phi) is 2.55. The summed E-state index contributed by atoms with van der Waals surface area (Å²) >= 11 is 0. The lowest BCUT2D eigenvalue weighted by molar-refractivity contribution is -0.137. The van der Waals surface area contributed by atoms with Crippen molar-refractivity contribution in [1.29, 1.82) is 0 Å². The summed E-state index contributed by atoms with van der Waals surface area (Å²) < 4.78 is 46.5. The molecule has 6 heteroatoms. The highest BCUT2D eigenvalue weighted by atomic mass is 19.4. The van der Waals surface area contributed by atoms with E-state index in [1.807, 2.05) is 0 Å². The molecule has 16 heavy (non-hydrogen) atoms. The minimum Gasteiger partial charge on any atom is -0.417 e. The van der Waals surface area contributed by atoms with Gasteiger partial charge in [-0.2, -0.15) is 18.2 Å². The average molecular weight is 229 g/mol. The van der Waals surface area contributed by atoms with Crippen LogP contribution in [0.25, 0.3) is 0 Å². The Morgan fingerprint density at radius 3 is 2.31 bits per heavy atom. The van der Waals surface area contributed by atoms with Crippen LogP contribution >= 0.6 is 0 Å². The van der Waals surface area contributed by atoms with E-state index in [0.29, 0.717) is 0 Å². The molecule has 0 saturated heterocycles. The maximum Gasteiger partial charge on any atom is 0.416 e. The number of alkyl halides is 3. The highest BCUT2D eigenvalue weighted by Crippen LogP contribution is 2.31. The smallest absolute Gasteiger partial charge is 0.416 e. The fraction of sp³-hybridized carbons (Fsp3) is 0.100. The topological polar surface area (TPSA) is 35.3 Å². The van der Waals surface area contributed by atoms with Gasteiger partial charge in [0.05, 0.1) is 11.8 Å². The molecule has 0 aliphatic rings. The molecule has 0 atom stereocenters. The van der Waals surface area contributed by atoms with Crippen LogP contribution in [0.5, 0.6) is 11.8 Å². The van der Waals surface area contributed by atoms with Crippen LogP contribution in [-0.4, -0.2) is 4.98 Å². The van der Waals surface area contributed by atoms with Crippen LogP contribution in [0, 0.1) is 0 Å². The van der Waals surface area contributed by atoms with Crippen LogP contribution in [-0.2, 0) is 6.18 Å². The van der Waals surface area contributed by atoms with Gasteiger partial charge in [-0.1, -0.05) is 0 Å². The lowest BCUT2D eigenvalue weighted by Crippen LogP contribution is -2.03. The zero-order chi connectivity index (χ0) is 11.6. The largest absolute Gasteiger partial charge is 0.417 e. The summed E-state index contributed by atoms with van der Waals surface area (Å²) in [6, 6.07) is 4.26. The number of nitrogens with zero attached hydrogens (tertiary/aromatic N) is 1. The van der Waals surface area contributed by atoms with Crippen molar-refractivity contribution in [3.05, 3.63) is 42.3 Å². The lowest BCUT2D eigenvalue weighted by Gasteiger charge is -2.06. The molecule has 0 fully saturated rings. The van der Waals surface area contributed by atoms with E-state index in [1.165, 1.54) is 24.6 Å². The molecule has 0 N–H and O–H groups in total. The maximum atomic E-state index is 12.2. The fourth-order valence-electron chi connectivity index (χ4n) is 1.07. The number of rotatable bonds is 2. The summed E-state index contributed by atoms with van der Waals surface area (Å²) in [6.45, 7) is 0. The molecule has 84 valence electrons. The van der Waals surface area contributed by atoms with Crippen molar-refractivity contribution in [2.45, 2.75) is 6.18 Å². The average Bonchev–Trinajstić information content (AvgIpc) is 2.70. The third-order valence-corrected chi connectivity index (χ3v) is 1.80. The number of oxazole rings is 1. The van der Waals surface area contributed by atoms with E-state index in [-0.39, 0.29) is 11.8 Å². The van der Waals surface area contributed by atoms with E-state index in [2.05, 4.69) is 4.98 Å². The molecule has 2 aromatic rings. The van der Waals surface area contributed by atoms with E-state index in [4.69, 9.17) is 9.15 Å².